The number of carbonyl (C=O) groups is 2. The lowest BCUT2D eigenvalue weighted by Gasteiger charge is -2.34. The zero-order chi connectivity index (χ0) is 27.7. The Morgan fingerprint density at radius 1 is 0.921 bits per heavy atom. The van der Waals surface area contributed by atoms with Crippen molar-refractivity contribution >= 4 is 29.3 Å². The number of nitro groups is 1. The van der Waals surface area contributed by atoms with Crippen molar-refractivity contribution in [3.8, 4) is 0 Å². The minimum Gasteiger partial charge on any atom is -0.350 e. The van der Waals surface area contributed by atoms with Crippen LogP contribution in [0.25, 0.3) is 0 Å². The van der Waals surface area contributed by atoms with Gasteiger partial charge in [-0.25, -0.2) is 0 Å². The Balaban J connectivity index is 1.83. The summed E-state index contributed by atoms with van der Waals surface area (Å²) in [5, 5.41) is 14.0. The number of hydrogen-bond donors (Lipinski definition) is 1. The fourth-order valence-corrected chi connectivity index (χ4v) is 4.82. The SMILES string of the molecule is Cc1ccc(CN(C(=O)CSCc2ccc([N+](=O)[O-])cc2)[C@H](Cc2ccccc2)C(=O)NC(C)(C)C)cc1. The number of thioether (sulfide) groups is 1. The second-order valence-corrected chi connectivity index (χ2v) is 11.4. The molecule has 0 saturated carbocycles. The van der Waals surface area contributed by atoms with Gasteiger partial charge in [0.05, 0.1) is 10.7 Å². The van der Waals surface area contributed by atoms with Crippen molar-refractivity contribution in [3.63, 3.8) is 0 Å². The summed E-state index contributed by atoms with van der Waals surface area (Å²) in [6, 6.07) is 23.4. The molecule has 1 atom stereocenters. The van der Waals surface area contributed by atoms with Gasteiger partial charge in [0, 0.05) is 36.4 Å². The molecule has 0 fully saturated rings. The normalized spacial score (nSPS) is 12.0. The van der Waals surface area contributed by atoms with E-state index in [2.05, 4.69) is 5.32 Å². The molecule has 1 N–H and O–H groups in total. The highest BCUT2D eigenvalue weighted by Crippen LogP contribution is 2.21. The largest absolute Gasteiger partial charge is 0.350 e. The van der Waals surface area contributed by atoms with Crippen LogP contribution >= 0.6 is 11.8 Å². The molecule has 0 bridgehead atoms. The number of nitro benzene ring substituents is 1. The zero-order valence-electron chi connectivity index (χ0n) is 22.3. The van der Waals surface area contributed by atoms with Crippen LogP contribution in [0, 0.1) is 17.0 Å². The number of non-ortho nitro benzene ring substituents is 1. The van der Waals surface area contributed by atoms with Crippen LogP contribution in [-0.4, -0.2) is 39.0 Å². The van der Waals surface area contributed by atoms with Gasteiger partial charge in [-0.15, -0.1) is 11.8 Å². The van der Waals surface area contributed by atoms with E-state index in [-0.39, 0.29) is 23.3 Å². The van der Waals surface area contributed by atoms with E-state index in [0.717, 1.165) is 22.3 Å². The Kier molecular flexibility index (Phi) is 10.1. The van der Waals surface area contributed by atoms with Crippen molar-refractivity contribution < 1.29 is 14.5 Å². The highest BCUT2D eigenvalue weighted by molar-refractivity contribution is 7.99. The van der Waals surface area contributed by atoms with Gasteiger partial charge in [0.15, 0.2) is 0 Å². The summed E-state index contributed by atoms with van der Waals surface area (Å²) in [5.74, 6) is 0.376. The zero-order valence-corrected chi connectivity index (χ0v) is 23.2. The molecule has 8 heteroatoms. The fraction of sp³-hybridized carbons (Fsp3) is 0.333. The van der Waals surface area contributed by atoms with Gasteiger partial charge in [0.25, 0.3) is 5.69 Å². The molecule has 0 aliphatic carbocycles. The van der Waals surface area contributed by atoms with Crippen molar-refractivity contribution in [1.29, 1.82) is 0 Å². The van der Waals surface area contributed by atoms with E-state index in [0.29, 0.717) is 18.7 Å². The van der Waals surface area contributed by atoms with E-state index in [4.69, 9.17) is 0 Å². The maximum Gasteiger partial charge on any atom is 0.269 e. The summed E-state index contributed by atoms with van der Waals surface area (Å²) < 4.78 is 0. The molecule has 7 nitrogen and oxygen atoms in total. The minimum absolute atomic E-state index is 0.0349. The molecule has 0 aliphatic heterocycles. The second-order valence-electron chi connectivity index (χ2n) is 10.4. The summed E-state index contributed by atoms with van der Waals surface area (Å²) in [4.78, 5) is 39.4. The third-order valence-electron chi connectivity index (χ3n) is 5.88. The summed E-state index contributed by atoms with van der Waals surface area (Å²) in [6.45, 7) is 8.10. The first kappa shape index (κ1) is 28.9. The number of aryl methyl sites for hydroxylation is 1. The third-order valence-corrected chi connectivity index (χ3v) is 6.87. The third kappa shape index (κ3) is 9.03. The maximum absolute atomic E-state index is 13.7. The standard InChI is InChI=1S/C30H35N3O4S/c1-22-10-12-24(13-11-22)19-32(28(34)21-38-20-25-14-16-26(17-15-25)33(36)37)27(29(35)31-30(2,3)4)18-23-8-6-5-7-9-23/h5-17,27H,18-21H2,1-4H3,(H,31,35)/t27-/m1/s1. The van der Waals surface area contributed by atoms with E-state index in [1.54, 1.807) is 17.0 Å². The average molecular weight is 534 g/mol. The number of hydrogen-bond acceptors (Lipinski definition) is 5. The number of nitrogens with one attached hydrogen (secondary N) is 1. The maximum atomic E-state index is 13.7. The molecule has 38 heavy (non-hydrogen) atoms. The highest BCUT2D eigenvalue weighted by atomic mass is 32.2. The smallest absolute Gasteiger partial charge is 0.269 e. The molecule has 0 aliphatic rings. The Morgan fingerprint density at radius 2 is 1.53 bits per heavy atom. The summed E-state index contributed by atoms with van der Waals surface area (Å²) in [7, 11) is 0. The molecule has 3 rings (SSSR count). The van der Waals surface area contributed by atoms with Gasteiger partial charge in [-0.3, -0.25) is 19.7 Å². The Morgan fingerprint density at radius 3 is 2.11 bits per heavy atom. The number of amides is 2. The molecule has 0 spiro atoms. The van der Waals surface area contributed by atoms with E-state index >= 15 is 0 Å². The van der Waals surface area contributed by atoms with Crippen LogP contribution in [-0.2, 0) is 28.3 Å². The molecule has 0 radical (unpaired) electrons. The number of benzene rings is 3. The summed E-state index contributed by atoms with van der Waals surface area (Å²) >= 11 is 1.43. The predicted molar refractivity (Wildman–Crippen MR) is 153 cm³/mol. The van der Waals surface area contributed by atoms with E-state index < -0.39 is 16.5 Å². The minimum atomic E-state index is -0.689. The van der Waals surface area contributed by atoms with Gasteiger partial charge >= 0.3 is 0 Å². The van der Waals surface area contributed by atoms with E-state index in [1.165, 1.54) is 23.9 Å². The van der Waals surface area contributed by atoms with Crippen molar-refractivity contribution in [1.82, 2.24) is 10.2 Å². The second kappa shape index (κ2) is 13.2. The van der Waals surface area contributed by atoms with Crippen LogP contribution < -0.4 is 5.32 Å². The first-order chi connectivity index (χ1) is 18.0. The Labute approximate surface area is 228 Å². The van der Waals surface area contributed by atoms with Crippen LogP contribution in [0.2, 0.25) is 0 Å². The molecular formula is C30H35N3O4S. The Bertz CT molecular complexity index is 1220. The van der Waals surface area contributed by atoms with Crippen LogP contribution in [0.4, 0.5) is 5.69 Å². The van der Waals surface area contributed by atoms with Gasteiger partial charge < -0.3 is 10.2 Å². The molecule has 3 aromatic rings. The van der Waals surface area contributed by atoms with Crippen molar-refractivity contribution in [2.75, 3.05) is 5.75 Å². The predicted octanol–water partition coefficient (Wildman–Crippen LogP) is 5.69. The van der Waals surface area contributed by atoms with E-state index in [1.807, 2.05) is 82.3 Å². The number of rotatable bonds is 11. The van der Waals surface area contributed by atoms with Gasteiger partial charge in [-0.1, -0.05) is 72.3 Å². The molecule has 3 aromatic carbocycles. The van der Waals surface area contributed by atoms with Gasteiger partial charge in [-0.2, -0.15) is 0 Å². The molecule has 0 heterocycles. The number of carbonyl (C=O) groups excluding carboxylic acids is 2. The van der Waals surface area contributed by atoms with Crippen molar-refractivity contribution in [2.45, 2.75) is 58.0 Å². The van der Waals surface area contributed by atoms with Crippen LogP contribution in [0.15, 0.2) is 78.9 Å². The van der Waals surface area contributed by atoms with Crippen LogP contribution in [0.5, 0.6) is 0 Å². The topological polar surface area (TPSA) is 92.6 Å². The highest BCUT2D eigenvalue weighted by Gasteiger charge is 2.32. The molecule has 200 valence electrons. The van der Waals surface area contributed by atoms with Gasteiger partial charge in [0.1, 0.15) is 6.04 Å². The quantitative estimate of drug-likeness (QED) is 0.252. The monoisotopic (exact) mass is 533 g/mol. The first-order valence-electron chi connectivity index (χ1n) is 12.5. The van der Waals surface area contributed by atoms with E-state index in [9.17, 15) is 19.7 Å². The van der Waals surface area contributed by atoms with Crippen LogP contribution in [0.1, 0.15) is 43.0 Å². The molecule has 0 unspecified atom stereocenters. The summed E-state index contributed by atoms with van der Waals surface area (Å²) in [6.07, 6.45) is 0.396. The van der Waals surface area contributed by atoms with Gasteiger partial charge in [0.2, 0.25) is 11.8 Å². The lowest BCUT2D eigenvalue weighted by atomic mass is 10.0. The first-order valence-corrected chi connectivity index (χ1v) is 13.7. The van der Waals surface area contributed by atoms with Gasteiger partial charge in [-0.05, 0) is 44.4 Å². The molecular weight excluding hydrogens is 498 g/mol. The number of nitrogens with zero attached hydrogens (tertiary/aromatic N) is 2. The Hall–Kier alpha value is -3.65. The average Bonchev–Trinajstić information content (AvgIpc) is 2.87. The van der Waals surface area contributed by atoms with Crippen molar-refractivity contribution in [3.05, 3.63) is 111 Å². The molecule has 0 aromatic heterocycles. The fourth-order valence-electron chi connectivity index (χ4n) is 3.95. The molecule has 2 amide bonds. The summed E-state index contributed by atoms with van der Waals surface area (Å²) in [5.41, 5.74) is 3.52. The van der Waals surface area contributed by atoms with Crippen molar-refractivity contribution in [2.24, 2.45) is 0 Å². The molecule has 0 saturated heterocycles. The van der Waals surface area contributed by atoms with Crippen LogP contribution in [0.3, 0.4) is 0 Å². The lowest BCUT2D eigenvalue weighted by molar-refractivity contribution is -0.384. The lowest BCUT2D eigenvalue weighted by Crippen LogP contribution is -2.54.